The Hall–Kier alpha value is -2.30. The number of halogens is 1. The first kappa shape index (κ1) is 20.0. The molecule has 2 aromatic rings. The van der Waals surface area contributed by atoms with Crippen LogP contribution in [0.2, 0.25) is 0 Å². The predicted molar refractivity (Wildman–Crippen MR) is 104 cm³/mol. The molecule has 0 heterocycles. The molecule has 0 aromatic heterocycles. The van der Waals surface area contributed by atoms with Gasteiger partial charge < -0.3 is 9.47 Å². The molecule has 0 amide bonds. The van der Waals surface area contributed by atoms with Gasteiger partial charge in [-0.2, -0.15) is 5.26 Å². The van der Waals surface area contributed by atoms with Gasteiger partial charge in [-0.15, -0.1) is 0 Å². The standard InChI is InChI=1S/C19H18BrNO4S/c1-4-25-19-17(20)10-14(11-18(19)24-3)9-16(12-21)26(22,23)15-7-5-13(2)6-8-15/h5-11H,4H2,1-3H3. The molecular weight excluding hydrogens is 418 g/mol. The number of benzene rings is 2. The van der Waals surface area contributed by atoms with Gasteiger partial charge in [0, 0.05) is 0 Å². The SMILES string of the molecule is CCOc1c(Br)cc(C=C(C#N)S(=O)(=O)c2ccc(C)cc2)cc1OC. The van der Waals surface area contributed by atoms with Crippen molar-refractivity contribution in [1.29, 1.82) is 5.26 Å². The number of nitriles is 1. The molecule has 2 aromatic carbocycles. The second-order valence-corrected chi connectivity index (χ2v) is 8.18. The molecule has 136 valence electrons. The first-order chi connectivity index (χ1) is 12.3. The van der Waals surface area contributed by atoms with Crippen molar-refractivity contribution in [1.82, 2.24) is 0 Å². The van der Waals surface area contributed by atoms with Crippen LogP contribution in [0.1, 0.15) is 18.1 Å². The van der Waals surface area contributed by atoms with E-state index in [4.69, 9.17) is 9.47 Å². The number of aryl methyl sites for hydroxylation is 1. The lowest BCUT2D eigenvalue weighted by atomic mass is 10.2. The Kier molecular flexibility index (Phi) is 6.46. The minimum absolute atomic E-state index is 0.0767. The van der Waals surface area contributed by atoms with Gasteiger partial charge >= 0.3 is 0 Å². The summed E-state index contributed by atoms with van der Waals surface area (Å²) in [6.07, 6.45) is 1.32. The minimum atomic E-state index is -3.91. The van der Waals surface area contributed by atoms with Crippen molar-refractivity contribution in [3.05, 3.63) is 56.9 Å². The molecule has 0 spiro atoms. The van der Waals surface area contributed by atoms with Crippen LogP contribution in [0, 0.1) is 18.3 Å². The average molecular weight is 436 g/mol. The zero-order chi connectivity index (χ0) is 19.3. The summed E-state index contributed by atoms with van der Waals surface area (Å²) in [6, 6.07) is 11.5. The normalized spacial score (nSPS) is 11.7. The monoisotopic (exact) mass is 435 g/mol. The van der Waals surface area contributed by atoms with Gasteiger partial charge in [-0.05, 0) is 65.7 Å². The number of sulfone groups is 1. The predicted octanol–water partition coefficient (Wildman–Crippen LogP) is 4.50. The fourth-order valence-electron chi connectivity index (χ4n) is 2.27. The maximum Gasteiger partial charge on any atom is 0.216 e. The summed E-state index contributed by atoms with van der Waals surface area (Å²) in [5.74, 6) is 0.963. The van der Waals surface area contributed by atoms with Gasteiger partial charge in [0.25, 0.3) is 0 Å². The Morgan fingerprint density at radius 3 is 2.46 bits per heavy atom. The molecule has 5 nitrogen and oxygen atoms in total. The Bertz CT molecular complexity index is 974. The van der Waals surface area contributed by atoms with Crippen molar-refractivity contribution in [3.63, 3.8) is 0 Å². The third-order valence-corrected chi connectivity index (χ3v) is 5.84. The van der Waals surface area contributed by atoms with E-state index in [-0.39, 0.29) is 9.80 Å². The van der Waals surface area contributed by atoms with Crippen molar-refractivity contribution in [2.75, 3.05) is 13.7 Å². The second-order valence-electron chi connectivity index (χ2n) is 5.40. The number of methoxy groups -OCH3 is 1. The third-order valence-electron chi connectivity index (χ3n) is 3.57. The van der Waals surface area contributed by atoms with E-state index >= 15 is 0 Å². The fraction of sp³-hybridized carbons (Fsp3) is 0.211. The van der Waals surface area contributed by atoms with Crippen molar-refractivity contribution in [2.45, 2.75) is 18.7 Å². The van der Waals surface area contributed by atoms with Gasteiger partial charge in [-0.25, -0.2) is 8.42 Å². The molecule has 0 saturated carbocycles. The first-order valence-corrected chi connectivity index (χ1v) is 10.0. The summed E-state index contributed by atoms with van der Waals surface area (Å²) >= 11 is 3.39. The maximum absolute atomic E-state index is 12.7. The fourth-order valence-corrected chi connectivity index (χ4v) is 4.01. The summed E-state index contributed by atoms with van der Waals surface area (Å²) < 4.78 is 36.9. The number of ether oxygens (including phenoxy) is 2. The third kappa shape index (κ3) is 4.26. The highest BCUT2D eigenvalue weighted by Crippen LogP contribution is 2.37. The van der Waals surface area contributed by atoms with Gasteiger partial charge in [-0.1, -0.05) is 17.7 Å². The van der Waals surface area contributed by atoms with Gasteiger partial charge in [0.15, 0.2) is 11.5 Å². The van der Waals surface area contributed by atoms with Crippen LogP contribution in [-0.2, 0) is 9.84 Å². The number of rotatable bonds is 6. The molecule has 0 unspecified atom stereocenters. The van der Waals surface area contributed by atoms with Crippen molar-refractivity contribution in [3.8, 4) is 17.6 Å². The van der Waals surface area contributed by atoms with Crippen LogP contribution in [0.5, 0.6) is 11.5 Å². The molecule has 0 N–H and O–H groups in total. The number of allylic oxidation sites excluding steroid dienone is 1. The molecular formula is C19H18BrNO4S. The highest BCUT2D eigenvalue weighted by Gasteiger charge is 2.21. The summed E-state index contributed by atoms with van der Waals surface area (Å²) in [6.45, 7) is 4.16. The second kappa shape index (κ2) is 8.39. The quantitative estimate of drug-likeness (QED) is 0.623. The Morgan fingerprint density at radius 1 is 1.27 bits per heavy atom. The van der Waals surface area contributed by atoms with Crippen LogP contribution < -0.4 is 9.47 Å². The molecule has 2 rings (SSSR count). The largest absolute Gasteiger partial charge is 0.493 e. The maximum atomic E-state index is 12.7. The highest BCUT2D eigenvalue weighted by molar-refractivity contribution is 9.10. The molecule has 0 aliphatic heterocycles. The van der Waals surface area contributed by atoms with E-state index in [1.165, 1.54) is 25.3 Å². The zero-order valence-corrected chi connectivity index (χ0v) is 17.0. The van der Waals surface area contributed by atoms with Crippen molar-refractivity contribution in [2.24, 2.45) is 0 Å². The van der Waals surface area contributed by atoms with Crippen LogP contribution in [-0.4, -0.2) is 22.1 Å². The number of nitrogens with zero attached hydrogens (tertiary/aromatic N) is 1. The van der Waals surface area contributed by atoms with E-state index < -0.39 is 9.84 Å². The molecule has 26 heavy (non-hydrogen) atoms. The molecule has 0 bridgehead atoms. The summed E-state index contributed by atoms with van der Waals surface area (Å²) in [4.78, 5) is -0.271. The Balaban J connectivity index is 2.54. The van der Waals surface area contributed by atoms with Crippen LogP contribution in [0.4, 0.5) is 0 Å². The van der Waals surface area contributed by atoms with Crippen LogP contribution in [0.3, 0.4) is 0 Å². The van der Waals surface area contributed by atoms with E-state index in [9.17, 15) is 13.7 Å². The molecule has 7 heteroatoms. The smallest absolute Gasteiger partial charge is 0.216 e. The Morgan fingerprint density at radius 2 is 1.92 bits per heavy atom. The van der Waals surface area contributed by atoms with Crippen LogP contribution >= 0.6 is 15.9 Å². The van der Waals surface area contributed by atoms with Crippen molar-refractivity contribution < 1.29 is 17.9 Å². The highest BCUT2D eigenvalue weighted by atomic mass is 79.9. The van der Waals surface area contributed by atoms with E-state index in [0.29, 0.717) is 28.1 Å². The molecule has 0 aliphatic carbocycles. The lowest BCUT2D eigenvalue weighted by Gasteiger charge is -2.12. The molecule has 0 saturated heterocycles. The zero-order valence-electron chi connectivity index (χ0n) is 14.6. The average Bonchev–Trinajstić information content (AvgIpc) is 2.61. The van der Waals surface area contributed by atoms with Crippen molar-refractivity contribution >= 4 is 31.8 Å². The molecule has 0 fully saturated rings. The first-order valence-electron chi connectivity index (χ1n) is 7.77. The van der Waals surface area contributed by atoms with E-state index in [0.717, 1.165) is 5.56 Å². The minimum Gasteiger partial charge on any atom is -0.493 e. The summed E-state index contributed by atoms with van der Waals surface area (Å²) in [5, 5.41) is 9.41. The van der Waals surface area contributed by atoms with E-state index in [1.807, 2.05) is 13.8 Å². The van der Waals surface area contributed by atoms with Gasteiger partial charge in [0.05, 0.1) is 23.1 Å². The van der Waals surface area contributed by atoms with E-state index in [1.54, 1.807) is 30.3 Å². The lowest BCUT2D eigenvalue weighted by Crippen LogP contribution is -2.03. The molecule has 0 aliphatic rings. The van der Waals surface area contributed by atoms with Gasteiger partial charge in [-0.3, -0.25) is 0 Å². The summed E-state index contributed by atoms with van der Waals surface area (Å²) in [5.41, 5.74) is 1.44. The van der Waals surface area contributed by atoms with Gasteiger partial charge in [0.1, 0.15) is 11.0 Å². The number of hydrogen-bond acceptors (Lipinski definition) is 5. The lowest BCUT2D eigenvalue weighted by molar-refractivity contribution is 0.309. The molecule has 0 atom stereocenters. The van der Waals surface area contributed by atoms with Gasteiger partial charge in [0.2, 0.25) is 9.84 Å². The van der Waals surface area contributed by atoms with Crippen LogP contribution in [0.25, 0.3) is 6.08 Å². The summed E-state index contributed by atoms with van der Waals surface area (Å²) in [7, 11) is -2.41. The van der Waals surface area contributed by atoms with E-state index in [2.05, 4.69) is 15.9 Å². The molecule has 0 radical (unpaired) electrons. The Labute approximate surface area is 161 Å². The number of hydrogen-bond donors (Lipinski definition) is 0. The topological polar surface area (TPSA) is 76.4 Å². The van der Waals surface area contributed by atoms with Crippen LogP contribution in [0.15, 0.2) is 50.7 Å².